The van der Waals surface area contributed by atoms with Crippen LogP contribution in [0.2, 0.25) is 15.1 Å². The van der Waals surface area contributed by atoms with Gasteiger partial charge >= 0.3 is 0 Å². The highest BCUT2D eigenvalue weighted by atomic mass is 35.5. The van der Waals surface area contributed by atoms with Crippen LogP contribution in [0, 0.1) is 0 Å². The quantitative estimate of drug-likeness (QED) is 0.162. The highest BCUT2D eigenvalue weighted by Crippen LogP contribution is 2.30. The lowest BCUT2D eigenvalue weighted by molar-refractivity contribution is -0.140. The lowest BCUT2D eigenvalue weighted by Crippen LogP contribution is -2.55. The fourth-order valence-corrected chi connectivity index (χ4v) is 7.96. The van der Waals surface area contributed by atoms with E-state index in [-0.39, 0.29) is 35.5 Å². The van der Waals surface area contributed by atoms with Gasteiger partial charge in [-0.15, -0.1) is 0 Å². The highest BCUT2D eigenvalue weighted by molar-refractivity contribution is 7.92. The number of carbonyl (C=O) groups excluding carboxylic acids is 2. The van der Waals surface area contributed by atoms with Crippen LogP contribution in [0.4, 0.5) is 5.69 Å². The second-order valence-electron chi connectivity index (χ2n) is 11.6. The molecule has 5 rings (SSSR count). The summed E-state index contributed by atoms with van der Waals surface area (Å²) < 4.78 is 29.3. The third-order valence-electron chi connectivity index (χ3n) is 8.32. The third-order valence-corrected chi connectivity index (χ3v) is 11.1. The number of nitrogens with zero attached hydrogens (tertiary/aromatic N) is 2. The molecule has 7 nitrogen and oxygen atoms in total. The zero-order chi connectivity index (χ0) is 33.4. The zero-order valence-corrected chi connectivity index (χ0v) is 28.8. The van der Waals surface area contributed by atoms with E-state index >= 15 is 0 Å². The first-order valence-corrected chi connectivity index (χ1v) is 18.1. The van der Waals surface area contributed by atoms with Crippen LogP contribution in [0.25, 0.3) is 0 Å². The first kappa shape index (κ1) is 34.8. The van der Waals surface area contributed by atoms with Crippen molar-refractivity contribution in [1.82, 2.24) is 10.2 Å². The monoisotopic (exact) mass is 711 g/mol. The van der Waals surface area contributed by atoms with Crippen LogP contribution in [0.3, 0.4) is 0 Å². The molecule has 11 heteroatoms. The topological polar surface area (TPSA) is 86.8 Å². The Morgan fingerprint density at radius 1 is 0.787 bits per heavy atom. The van der Waals surface area contributed by atoms with Crippen LogP contribution in [-0.4, -0.2) is 43.8 Å². The van der Waals surface area contributed by atoms with Gasteiger partial charge in [0.15, 0.2) is 0 Å². The van der Waals surface area contributed by atoms with E-state index in [9.17, 15) is 18.0 Å². The Morgan fingerprint density at radius 3 is 2.04 bits per heavy atom. The van der Waals surface area contributed by atoms with Crippen molar-refractivity contribution in [2.45, 2.75) is 62.0 Å². The van der Waals surface area contributed by atoms with E-state index in [0.717, 1.165) is 42.0 Å². The molecule has 2 amide bonds. The van der Waals surface area contributed by atoms with Gasteiger partial charge in [0.2, 0.25) is 11.8 Å². The summed E-state index contributed by atoms with van der Waals surface area (Å²) in [6.45, 7) is -0.733. The Hall–Kier alpha value is -3.56. The number of sulfonamides is 1. The summed E-state index contributed by atoms with van der Waals surface area (Å²) in [5.41, 5.74) is 1.49. The molecule has 1 saturated carbocycles. The lowest BCUT2D eigenvalue weighted by Gasteiger charge is -2.35. The van der Waals surface area contributed by atoms with E-state index < -0.39 is 28.5 Å². The summed E-state index contributed by atoms with van der Waals surface area (Å²) in [6, 6.07) is 27.6. The minimum atomic E-state index is -4.24. The standard InChI is InChI=1S/C36H36Cl3N3O4S/c37-27-14-10-17-29(23-27)42(47(45,46)30-18-8-3-9-19-30)25-35(43)41(24-31-32(38)20-11-21-33(31)39)34(22-26-12-4-1-5-13-26)36(44)40-28-15-6-2-7-16-28/h1,3-5,8-14,17-21,23,28,34H,2,6-7,15-16,22,24-25H2,(H,40,44)/t34-/m1/s1. The van der Waals surface area contributed by atoms with Gasteiger partial charge in [0.05, 0.1) is 10.6 Å². The summed E-state index contributed by atoms with van der Waals surface area (Å²) in [5, 5.41) is 4.14. The molecule has 47 heavy (non-hydrogen) atoms. The number of halogens is 3. The van der Waals surface area contributed by atoms with Gasteiger partial charge < -0.3 is 10.2 Å². The van der Waals surface area contributed by atoms with Gasteiger partial charge in [-0.1, -0.05) is 115 Å². The lowest BCUT2D eigenvalue weighted by atomic mass is 9.94. The van der Waals surface area contributed by atoms with Crippen molar-refractivity contribution in [3.8, 4) is 0 Å². The minimum Gasteiger partial charge on any atom is -0.352 e. The Bertz CT molecular complexity index is 1770. The summed E-state index contributed by atoms with van der Waals surface area (Å²) in [5.74, 6) is -0.933. The van der Waals surface area contributed by atoms with Gasteiger partial charge in [-0.05, 0) is 60.9 Å². The van der Waals surface area contributed by atoms with Crippen molar-refractivity contribution >= 4 is 62.3 Å². The van der Waals surface area contributed by atoms with E-state index in [2.05, 4.69) is 5.32 Å². The number of hydrogen-bond acceptors (Lipinski definition) is 4. The van der Waals surface area contributed by atoms with Gasteiger partial charge in [-0.3, -0.25) is 13.9 Å². The average Bonchev–Trinajstić information content (AvgIpc) is 3.07. The molecule has 0 saturated heterocycles. The van der Waals surface area contributed by atoms with Gasteiger partial charge in [0, 0.05) is 39.6 Å². The fraction of sp³-hybridized carbons (Fsp3) is 0.278. The molecule has 246 valence electrons. The van der Waals surface area contributed by atoms with Gasteiger partial charge in [0.1, 0.15) is 12.6 Å². The molecule has 0 bridgehead atoms. The highest BCUT2D eigenvalue weighted by Gasteiger charge is 2.36. The van der Waals surface area contributed by atoms with E-state index in [1.54, 1.807) is 54.6 Å². The molecule has 1 atom stereocenters. The predicted molar refractivity (Wildman–Crippen MR) is 188 cm³/mol. The summed E-state index contributed by atoms with van der Waals surface area (Å²) in [7, 11) is -4.24. The second kappa shape index (κ2) is 16.0. The number of carbonyl (C=O) groups is 2. The van der Waals surface area contributed by atoms with Gasteiger partial charge in [-0.2, -0.15) is 0 Å². The van der Waals surface area contributed by atoms with Crippen LogP contribution in [0.15, 0.2) is 108 Å². The zero-order valence-electron chi connectivity index (χ0n) is 25.7. The maximum Gasteiger partial charge on any atom is 0.264 e. The van der Waals surface area contributed by atoms with Crippen LogP contribution in [-0.2, 0) is 32.6 Å². The average molecular weight is 713 g/mol. The molecule has 4 aromatic rings. The number of rotatable bonds is 12. The molecule has 0 aliphatic heterocycles. The van der Waals surface area contributed by atoms with Crippen molar-refractivity contribution in [3.63, 3.8) is 0 Å². The maximum absolute atomic E-state index is 14.7. The maximum atomic E-state index is 14.7. The van der Waals surface area contributed by atoms with Crippen molar-refractivity contribution in [2.75, 3.05) is 10.8 Å². The summed E-state index contributed by atoms with van der Waals surface area (Å²) in [4.78, 5) is 30.3. The minimum absolute atomic E-state index is 0.00403. The smallest absolute Gasteiger partial charge is 0.264 e. The molecule has 1 aliphatic rings. The number of anilines is 1. The Balaban J connectivity index is 1.59. The van der Waals surface area contributed by atoms with Crippen molar-refractivity contribution in [2.24, 2.45) is 0 Å². The second-order valence-corrected chi connectivity index (χ2v) is 14.7. The Morgan fingerprint density at radius 2 is 1.40 bits per heavy atom. The molecule has 0 heterocycles. The first-order chi connectivity index (χ1) is 22.6. The molecule has 0 aromatic heterocycles. The van der Waals surface area contributed by atoms with Crippen molar-refractivity contribution < 1.29 is 18.0 Å². The van der Waals surface area contributed by atoms with Crippen LogP contribution in [0.5, 0.6) is 0 Å². The summed E-state index contributed by atoms with van der Waals surface area (Å²) in [6.07, 6.45) is 5.04. The molecule has 4 aromatic carbocycles. The first-order valence-electron chi connectivity index (χ1n) is 15.5. The van der Waals surface area contributed by atoms with Crippen LogP contribution >= 0.6 is 34.8 Å². The molecule has 1 N–H and O–H groups in total. The normalized spacial score (nSPS) is 14.3. The van der Waals surface area contributed by atoms with Crippen molar-refractivity contribution in [3.05, 3.63) is 129 Å². The molecular weight excluding hydrogens is 677 g/mol. The predicted octanol–water partition coefficient (Wildman–Crippen LogP) is 7.93. The largest absolute Gasteiger partial charge is 0.352 e. The van der Waals surface area contributed by atoms with Gasteiger partial charge in [-0.25, -0.2) is 8.42 Å². The number of amides is 2. The van der Waals surface area contributed by atoms with Crippen LogP contribution in [0.1, 0.15) is 43.2 Å². The van der Waals surface area contributed by atoms with E-state index in [0.29, 0.717) is 20.6 Å². The van der Waals surface area contributed by atoms with E-state index in [1.165, 1.54) is 23.1 Å². The van der Waals surface area contributed by atoms with E-state index in [1.807, 2.05) is 30.3 Å². The molecule has 0 radical (unpaired) electrons. The number of benzene rings is 4. The Kier molecular flexibility index (Phi) is 11.9. The third kappa shape index (κ3) is 8.87. The Labute approximate surface area is 291 Å². The SMILES string of the molecule is O=C(NC1CCCCC1)[C@@H](Cc1ccccc1)N(Cc1c(Cl)cccc1Cl)C(=O)CN(c1cccc(Cl)c1)S(=O)(=O)c1ccccc1. The molecule has 0 spiro atoms. The fourth-order valence-electron chi connectivity index (χ4n) is 5.83. The van der Waals surface area contributed by atoms with E-state index in [4.69, 9.17) is 34.8 Å². The van der Waals surface area contributed by atoms with Crippen LogP contribution < -0.4 is 9.62 Å². The van der Waals surface area contributed by atoms with Gasteiger partial charge in [0.25, 0.3) is 10.0 Å². The number of hydrogen-bond donors (Lipinski definition) is 1. The van der Waals surface area contributed by atoms with Crippen molar-refractivity contribution in [1.29, 1.82) is 0 Å². The summed E-state index contributed by atoms with van der Waals surface area (Å²) >= 11 is 19.5. The molecular formula is C36H36Cl3N3O4S. The molecule has 1 aliphatic carbocycles. The number of nitrogens with one attached hydrogen (secondary N) is 1. The molecule has 0 unspecified atom stereocenters. The molecule has 1 fully saturated rings.